The Labute approximate surface area is 90.8 Å². The molecule has 1 aliphatic heterocycles. The van der Waals surface area contributed by atoms with Gasteiger partial charge in [-0.15, -0.1) is 0 Å². The normalized spacial score (nSPS) is 26.7. The van der Waals surface area contributed by atoms with Gasteiger partial charge in [-0.05, 0) is 38.9 Å². The standard InChI is InChI=1S/C11H20O2S/c1-9(12)5-3-4-8-14-11-6-7-13-10(11)2/h10-11H,3-8H2,1-2H3. The minimum absolute atomic E-state index is 0.313. The van der Waals surface area contributed by atoms with Crippen molar-refractivity contribution >= 4 is 17.5 Å². The van der Waals surface area contributed by atoms with E-state index in [0.717, 1.165) is 25.9 Å². The zero-order valence-corrected chi connectivity index (χ0v) is 9.94. The van der Waals surface area contributed by atoms with E-state index in [-0.39, 0.29) is 0 Å². The lowest BCUT2D eigenvalue weighted by Gasteiger charge is -2.12. The van der Waals surface area contributed by atoms with E-state index in [0.29, 0.717) is 17.1 Å². The number of hydrogen-bond donors (Lipinski definition) is 0. The first-order chi connectivity index (χ1) is 6.70. The van der Waals surface area contributed by atoms with E-state index in [4.69, 9.17) is 4.74 Å². The molecular formula is C11H20O2S. The minimum Gasteiger partial charge on any atom is -0.377 e. The molecule has 82 valence electrons. The zero-order valence-electron chi connectivity index (χ0n) is 9.12. The van der Waals surface area contributed by atoms with Crippen LogP contribution in [0, 0.1) is 0 Å². The number of carbonyl (C=O) groups is 1. The lowest BCUT2D eigenvalue weighted by Crippen LogP contribution is -2.13. The monoisotopic (exact) mass is 216 g/mol. The van der Waals surface area contributed by atoms with Crippen LogP contribution < -0.4 is 0 Å². The van der Waals surface area contributed by atoms with E-state index in [1.165, 1.54) is 12.2 Å². The highest BCUT2D eigenvalue weighted by molar-refractivity contribution is 7.99. The first-order valence-electron chi connectivity index (χ1n) is 5.43. The molecule has 2 unspecified atom stereocenters. The lowest BCUT2D eigenvalue weighted by atomic mass is 10.2. The van der Waals surface area contributed by atoms with Gasteiger partial charge in [0.2, 0.25) is 0 Å². The van der Waals surface area contributed by atoms with E-state index < -0.39 is 0 Å². The van der Waals surface area contributed by atoms with Crippen LogP contribution in [-0.2, 0) is 9.53 Å². The Bertz CT molecular complexity index is 182. The highest BCUT2D eigenvalue weighted by atomic mass is 32.2. The van der Waals surface area contributed by atoms with E-state index in [2.05, 4.69) is 6.92 Å². The van der Waals surface area contributed by atoms with Crippen LogP contribution in [0.2, 0.25) is 0 Å². The van der Waals surface area contributed by atoms with E-state index in [1.807, 2.05) is 11.8 Å². The summed E-state index contributed by atoms with van der Waals surface area (Å²) in [4.78, 5) is 10.7. The van der Waals surface area contributed by atoms with E-state index in [1.54, 1.807) is 6.92 Å². The molecule has 0 aromatic carbocycles. The molecule has 1 aliphatic rings. The summed E-state index contributed by atoms with van der Waals surface area (Å²) in [5, 5.41) is 0.687. The van der Waals surface area contributed by atoms with E-state index >= 15 is 0 Å². The van der Waals surface area contributed by atoms with Crippen LogP contribution in [0.3, 0.4) is 0 Å². The molecule has 1 saturated heterocycles. The molecule has 2 nitrogen and oxygen atoms in total. The molecule has 1 heterocycles. The molecule has 0 spiro atoms. The summed E-state index contributed by atoms with van der Waals surface area (Å²) >= 11 is 2.01. The summed E-state index contributed by atoms with van der Waals surface area (Å²) in [6.45, 7) is 4.74. The van der Waals surface area contributed by atoms with Gasteiger partial charge in [0.15, 0.2) is 0 Å². The Morgan fingerprint density at radius 2 is 2.29 bits per heavy atom. The van der Waals surface area contributed by atoms with Crippen molar-refractivity contribution in [2.45, 2.75) is 50.9 Å². The van der Waals surface area contributed by atoms with Gasteiger partial charge in [0.05, 0.1) is 6.10 Å². The summed E-state index contributed by atoms with van der Waals surface area (Å²) in [6, 6.07) is 0. The quantitative estimate of drug-likeness (QED) is 0.638. The number of ketones is 1. The predicted octanol–water partition coefficient (Wildman–Crippen LogP) is 2.66. The fourth-order valence-corrected chi connectivity index (χ4v) is 2.93. The maximum Gasteiger partial charge on any atom is 0.129 e. The Morgan fingerprint density at radius 1 is 1.50 bits per heavy atom. The molecular weight excluding hydrogens is 196 g/mol. The van der Waals surface area contributed by atoms with Crippen LogP contribution in [0.4, 0.5) is 0 Å². The van der Waals surface area contributed by atoms with Crippen LogP contribution in [0.1, 0.15) is 39.5 Å². The van der Waals surface area contributed by atoms with Gasteiger partial charge in [0.1, 0.15) is 5.78 Å². The van der Waals surface area contributed by atoms with Gasteiger partial charge < -0.3 is 9.53 Å². The fourth-order valence-electron chi connectivity index (χ4n) is 1.64. The number of unbranched alkanes of at least 4 members (excludes halogenated alkanes) is 1. The molecule has 1 rings (SSSR count). The lowest BCUT2D eigenvalue weighted by molar-refractivity contribution is -0.117. The van der Waals surface area contributed by atoms with Crippen LogP contribution in [0.5, 0.6) is 0 Å². The summed E-state index contributed by atoms with van der Waals surface area (Å²) < 4.78 is 5.49. The van der Waals surface area contributed by atoms with Crippen molar-refractivity contribution in [1.82, 2.24) is 0 Å². The van der Waals surface area contributed by atoms with Gasteiger partial charge in [0, 0.05) is 18.3 Å². The Morgan fingerprint density at radius 3 is 2.86 bits per heavy atom. The second-order valence-corrected chi connectivity index (χ2v) is 5.28. The van der Waals surface area contributed by atoms with Gasteiger partial charge >= 0.3 is 0 Å². The number of ether oxygens (including phenoxy) is 1. The summed E-state index contributed by atoms with van der Waals surface area (Å²) in [7, 11) is 0. The van der Waals surface area contributed by atoms with Gasteiger partial charge in [0.25, 0.3) is 0 Å². The van der Waals surface area contributed by atoms with Crippen molar-refractivity contribution < 1.29 is 9.53 Å². The van der Waals surface area contributed by atoms with Gasteiger partial charge in [-0.1, -0.05) is 0 Å². The van der Waals surface area contributed by atoms with Crippen molar-refractivity contribution in [2.24, 2.45) is 0 Å². The smallest absolute Gasteiger partial charge is 0.129 e. The van der Waals surface area contributed by atoms with Crippen molar-refractivity contribution in [3.05, 3.63) is 0 Å². The van der Waals surface area contributed by atoms with Crippen LogP contribution >= 0.6 is 11.8 Å². The summed E-state index contributed by atoms with van der Waals surface area (Å²) in [5.74, 6) is 1.48. The Hall–Kier alpha value is -0.0200. The number of hydrogen-bond acceptors (Lipinski definition) is 3. The van der Waals surface area contributed by atoms with Crippen LogP contribution in [0.25, 0.3) is 0 Å². The molecule has 0 radical (unpaired) electrons. The molecule has 2 atom stereocenters. The van der Waals surface area contributed by atoms with Gasteiger partial charge in [-0.25, -0.2) is 0 Å². The maximum absolute atomic E-state index is 10.7. The highest BCUT2D eigenvalue weighted by Gasteiger charge is 2.23. The number of Topliss-reactive ketones (excluding diaryl/α,β-unsaturated/α-hetero) is 1. The molecule has 0 N–H and O–H groups in total. The molecule has 3 heteroatoms. The summed E-state index contributed by atoms with van der Waals surface area (Å²) in [5.41, 5.74) is 0. The minimum atomic E-state index is 0.313. The van der Waals surface area contributed by atoms with Gasteiger partial charge in [-0.3, -0.25) is 0 Å². The predicted molar refractivity (Wildman–Crippen MR) is 60.8 cm³/mol. The third kappa shape index (κ3) is 4.47. The maximum atomic E-state index is 10.7. The largest absolute Gasteiger partial charge is 0.377 e. The highest BCUT2D eigenvalue weighted by Crippen LogP contribution is 2.26. The summed E-state index contributed by atoms with van der Waals surface area (Å²) in [6.07, 6.45) is 4.57. The molecule has 0 amide bonds. The molecule has 0 saturated carbocycles. The molecule has 0 bridgehead atoms. The molecule has 0 aromatic rings. The van der Waals surface area contributed by atoms with Gasteiger partial charge in [-0.2, -0.15) is 11.8 Å². The molecule has 0 aromatic heterocycles. The number of carbonyl (C=O) groups excluding carboxylic acids is 1. The SMILES string of the molecule is CC(=O)CCCCSC1CCOC1C. The molecule has 14 heavy (non-hydrogen) atoms. The number of rotatable bonds is 6. The first kappa shape index (κ1) is 12.1. The third-order valence-electron chi connectivity index (χ3n) is 2.56. The van der Waals surface area contributed by atoms with Crippen molar-refractivity contribution in [2.75, 3.05) is 12.4 Å². The molecule has 1 fully saturated rings. The second-order valence-electron chi connectivity index (χ2n) is 3.93. The first-order valence-corrected chi connectivity index (χ1v) is 6.47. The molecule has 0 aliphatic carbocycles. The van der Waals surface area contributed by atoms with E-state index in [9.17, 15) is 4.79 Å². The van der Waals surface area contributed by atoms with Crippen LogP contribution in [-0.4, -0.2) is 29.5 Å². The third-order valence-corrected chi connectivity index (χ3v) is 4.13. The second kappa shape index (κ2) is 6.46. The zero-order chi connectivity index (χ0) is 10.4. The fraction of sp³-hybridized carbons (Fsp3) is 0.909. The van der Waals surface area contributed by atoms with Crippen LogP contribution in [0.15, 0.2) is 0 Å². The average Bonchev–Trinajstić information content (AvgIpc) is 2.51. The topological polar surface area (TPSA) is 26.3 Å². The van der Waals surface area contributed by atoms with Crippen molar-refractivity contribution in [3.63, 3.8) is 0 Å². The van der Waals surface area contributed by atoms with Crippen molar-refractivity contribution in [3.8, 4) is 0 Å². The Kier molecular flexibility index (Phi) is 5.56. The number of thioether (sulfide) groups is 1. The average molecular weight is 216 g/mol. The Balaban J connectivity index is 1.95. The van der Waals surface area contributed by atoms with Crippen molar-refractivity contribution in [1.29, 1.82) is 0 Å².